The molecule has 0 aliphatic rings. The number of carboxylic acids is 1. The number of halogens is 3. The molecule has 0 radical (unpaired) electrons. The van der Waals surface area contributed by atoms with Crippen molar-refractivity contribution in [3.63, 3.8) is 0 Å². The van der Waals surface area contributed by atoms with Crippen LogP contribution in [0, 0.1) is 6.92 Å². The number of carboxylic acid groups (broad SMARTS) is 1. The lowest BCUT2D eigenvalue weighted by atomic mass is 10.2. The third kappa shape index (κ3) is 6.13. The third-order valence-electron chi connectivity index (χ3n) is 4.02. The Bertz CT molecular complexity index is 1070. The molecule has 8 nitrogen and oxygen atoms in total. The van der Waals surface area contributed by atoms with Crippen molar-refractivity contribution in [3.05, 3.63) is 51.1 Å². The van der Waals surface area contributed by atoms with Gasteiger partial charge in [0, 0.05) is 47.5 Å². The van der Waals surface area contributed by atoms with Crippen LogP contribution < -0.4 is 10.9 Å². The highest BCUT2D eigenvalue weighted by atomic mass is 32.1. The van der Waals surface area contributed by atoms with Crippen LogP contribution in [0.4, 0.5) is 13.2 Å². The van der Waals surface area contributed by atoms with Crippen molar-refractivity contribution in [2.75, 3.05) is 0 Å². The summed E-state index contributed by atoms with van der Waals surface area (Å²) in [6.45, 7) is 8.82. The maximum atomic E-state index is 12.1. The summed E-state index contributed by atoms with van der Waals surface area (Å²) < 4.78 is 35.3. The van der Waals surface area contributed by atoms with Crippen LogP contribution in [0.25, 0.3) is 4.96 Å². The van der Waals surface area contributed by atoms with Gasteiger partial charge in [0.15, 0.2) is 4.96 Å². The first kappa shape index (κ1) is 23.5. The number of nitrogens with one attached hydrogen (secondary N) is 1. The van der Waals surface area contributed by atoms with E-state index in [-0.39, 0.29) is 11.6 Å². The predicted octanol–water partition coefficient (Wildman–Crippen LogP) is 3.33. The fourth-order valence-corrected chi connectivity index (χ4v) is 3.23. The normalized spacial score (nSPS) is 12.7. The summed E-state index contributed by atoms with van der Waals surface area (Å²) in [4.78, 5) is 27.4. The molecule has 0 saturated carbocycles. The van der Waals surface area contributed by atoms with E-state index < -0.39 is 12.1 Å². The molecule has 3 rings (SSSR count). The van der Waals surface area contributed by atoms with E-state index in [0.717, 1.165) is 21.1 Å². The lowest BCUT2D eigenvalue weighted by Gasteiger charge is -2.11. The van der Waals surface area contributed by atoms with Crippen molar-refractivity contribution in [1.82, 2.24) is 24.5 Å². The van der Waals surface area contributed by atoms with Gasteiger partial charge < -0.3 is 10.4 Å². The second-order valence-electron chi connectivity index (χ2n) is 6.83. The average molecular weight is 445 g/mol. The number of hydrogen-bond acceptors (Lipinski definition) is 6. The monoisotopic (exact) mass is 445 g/mol. The van der Waals surface area contributed by atoms with Crippen molar-refractivity contribution in [2.45, 2.75) is 52.5 Å². The van der Waals surface area contributed by atoms with Gasteiger partial charge in [-0.3, -0.25) is 13.9 Å². The summed E-state index contributed by atoms with van der Waals surface area (Å²) in [6, 6.07) is 2.09. The first-order valence-corrected chi connectivity index (χ1v) is 9.76. The molecule has 0 saturated heterocycles. The maximum absolute atomic E-state index is 12.1. The molecule has 3 aromatic rings. The van der Waals surface area contributed by atoms with Crippen LogP contribution in [0.5, 0.6) is 0 Å². The minimum absolute atomic E-state index is 0.0311. The Balaban J connectivity index is 0.000000396. The molecular formula is C18H22F3N5O3S. The Morgan fingerprint density at radius 2 is 1.93 bits per heavy atom. The van der Waals surface area contributed by atoms with Gasteiger partial charge >= 0.3 is 12.1 Å². The molecule has 1 atom stereocenters. The highest BCUT2D eigenvalue weighted by molar-refractivity contribution is 7.16. The van der Waals surface area contributed by atoms with Gasteiger partial charge in [-0.05, 0) is 27.7 Å². The highest BCUT2D eigenvalue weighted by Gasteiger charge is 2.38. The summed E-state index contributed by atoms with van der Waals surface area (Å²) >= 11 is 1.53. The number of alkyl halides is 3. The van der Waals surface area contributed by atoms with Gasteiger partial charge in [0.1, 0.15) is 0 Å². The second-order valence-corrected chi connectivity index (χ2v) is 8.05. The zero-order valence-corrected chi connectivity index (χ0v) is 17.6. The number of nitrogens with zero attached hydrogens (tertiary/aromatic N) is 4. The van der Waals surface area contributed by atoms with Gasteiger partial charge in [0.05, 0.1) is 11.9 Å². The predicted molar refractivity (Wildman–Crippen MR) is 106 cm³/mol. The Hall–Kier alpha value is -2.73. The van der Waals surface area contributed by atoms with E-state index in [1.54, 1.807) is 10.5 Å². The number of carbonyl (C=O) groups is 1. The number of thiazole rings is 1. The molecule has 2 N–H and O–H groups in total. The third-order valence-corrected chi connectivity index (χ3v) is 4.92. The fraction of sp³-hybridized carbons (Fsp3) is 0.444. The van der Waals surface area contributed by atoms with Gasteiger partial charge in [-0.25, -0.2) is 9.78 Å². The van der Waals surface area contributed by atoms with Gasteiger partial charge in [-0.2, -0.15) is 18.3 Å². The minimum Gasteiger partial charge on any atom is -0.475 e. The second kappa shape index (κ2) is 9.39. The lowest BCUT2D eigenvalue weighted by molar-refractivity contribution is -0.192. The molecule has 0 spiro atoms. The number of aromatic nitrogens is 4. The Labute approximate surface area is 174 Å². The van der Waals surface area contributed by atoms with Crippen molar-refractivity contribution in [3.8, 4) is 0 Å². The van der Waals surface area contributed by atoms with Crippen LogP contribution in [-0.2, 0) is 11.3 Å². The van der Waals surface area contributed by atoms with Gasteiger partial charge in [0.2, 0.25) is 0 Å². The van der Waals surface area contributed by atoms with Crippen molar-refractivity contribution < 1.29 is 23.1 Å². The largest absolute Gasteiger partial charge is 0.490 e. The van der Waals surface area contributed by atoms with Gasteiger partial charge in [-0.1, -0.05) is 0 Å². The van der Waals surface area contributed by atoms with E-state index in [1.807, 2.05) is 24.0 Å². The van der Waals surface area contributed by atoms with E-state index in [9.17, 15) is 18.0 Å². The Morgan fingerprint density at radius 3 is 2.47 bits per heavy atom. The Kier molecular flexibility index (Phi) is 7.37. The fourth-order valence-electron chi connectivity index (χ4n) is 2.38. The van der Waals surface area contributed by atoms with Crippen LogP contribution in [0.2, 0.25) is 0 Å². The van der Waals surface area contributed by atoms with Crippen molar-refractivity contribution >= 4 is 22.3 Å². The standard InChI is InChI=1S/C16H21N5OS.C2HF3O2/c1-10(2)21-9-13(6-18-21)12(4)17-7-14-5-15(22)20-8-11(3)23-16(20)19-14;3-2(4,5)1(6)7/h5-6,8-10,12,17H,7H2,1-4H3;(H,6,7). The van der Waals surface area contributed by atoms with E-state index >= 15 is 0 Å². The first-order chi connectivity index (χ1) is 13.9. The van der Waals surface area contributed by atoms with Crippen molar-refractivity contribution in [2.24, 2.45) is 0 Å². The van der Waals surface area contributed by atoms with Crippen molar-refractivity contribution in [1.29, 1.82) is 0 Å². The van der Waals surface area contributed by atoms with Crippen LogP contribution in [-0.4, -0.2) is 36.4 Å². The first-order valence-electron chi connectivity index (χ1n) is 8.94. The molecule has 164 valence electrons. The van der Waals surface area contributed by atoms with Crippen LogP contribution in [0.3, 0.4) is 0 Å². The summed E-state index contributed by atoms with van der Waals surface area (Å²) in [5, 5.41) is 14.9. The minimum atomic E-state index is -5.08. The summed E-state index contributed by atoms with van der Waals surface area (Å²) in [5.74, 6) is -2.76. The number of aliphatic carboxylic acids is 1. The molecule has 12 heteroatoms. The average Bonchev–Trinajstić information content (AvgIpc) is 3.26. The topological polar surface area (TPSA) is 102 Å². The van der Waals surface area contributed by atoms with E-state index in [4.69, 9.17) is 9.90 Å². The lowest BCUT2D eigenvalue weighted by Crippen LogP contribution is -2.21. The van der Waals surface area contributed by atoms with Crippen LogP contribution in [0.1, 0.15) is 49.0 Å². The molecule has 0 aliphatic heterocycles. The molecule has 3 heterocycles. The van der Waals surface area contributed by atoms with E-state index in [2.05, 4.69) is 42.4 Å². The Morgan fingerprint density at radius 1 is 1.30 bits per heavy atom. The summed E-state index contributed by atoms with van der Waals surface area (Å²) in [6.07, 6.45) is 0.678. The highest BCUT2D eigenvalue weighted by Crippen LogP contribution is 2.16. The van der Waals surface area contributed by atoms with E-state index in [1.165, 1.54) is 11.3 Å². The molecule has 0 fully saturated rings. The molecule has 0 amide bonds. The summed E-state index contributed by atoms with van der Waals surface area (Å²) in [7, 11) is 0. The smallest absolute Gasteiger partial charge is 0.475 e. The molecule has 0 aliphatic carbocycles. The van der Waals surface area contributed by atoms with E-state index in [0.29, 0.717) is 12.6 Å². The molecule has 0 bridgehead atoms. The zero-order valence-electron chi connectivity index (χ0n) is 16.8. The molecule has 3 aromatic heterocycles. The summed E-state index contributed by atoms with van der Waals surface area (Å²) in [5.41, 5.74) is 1.86. The van der Waals surface area contributed by atoms with Crippen LogP contribution >= 0.6 is 11.3 Å². The quantitative estimate of drug-likeness (QED) is 0.625. The molecule has 1 unspecified atom stereocenters. The number of fused-ring (bicyclic) bond motifs is 1. The maximum Gasteiger partial charge on any atom is 0.490 e. The molecular weight excluding hydrogens is 423 g/mol. The molecule has 30 heavy (non-hydrogen) atoms. The zero-order chi connectivity index (χ0) is 22.6. The molecule has 0 aromatic carbocycles. The number of rotatable bonds is 5. The van der Waals surface area contributed by atoms with Gasteiger partial charge in [0.25, 0.3) is 5.56 Å². The SMILES string of the molecule is Cc1cn2c(=O)cc(CNC(C)c3cnn(C(C)C)c3)nc2s1.O=C(O)C(F)(F)F. The number of hydrogen-bond donors (Lipinski definition) is 2. The van der Waals surface area contributed by atoms with Crippen LogP contribution in [0.15, 0.2) is 29.5 Å². The number of aryl methyl sites for hydroxylation is 1. The van der Waals surface area contributed by atoms with Gasteiger partial charge in [-0.15, -0.1) is 11.3 Å².